The van der Waals surface area contributed by atoms with Crippen molar-refractivity contribution in [1.29, 1.82) is 0 Å². The van der Waals surface area contributed by atoms with Crippen molar-refractivity contribution in [3.05, 3.63) is 59.2 Å². The standard InChI is InChI=1S/C14H15FN4O/c1-9-3-2-4-11(15)13(9)18-8-10-5-6-17-12(7-10)14(16)19-20/h2-7,18,20H,8H2,1H3,(H2,16,19). The number of hydrogen-bond acceptors (Lipinski definition) is 4. The number of aromatic nitrogens is 1. The Morgan fingerprint density at radius 3 is 2.95 bits per heavy atom. The number of halogens is 1. The first-order chi connectivity index (χ1) is 9.61. The molecule has 0 unspecified atom stereocenters. The summed E-state index contributed by atoms with van der Waals surface area (Å²) in [4.78, 5) is 3.98. The monoisotopic (exact) mass is 274 g/mol. The second-order valence-electron chi connectivity index (χ2n) is 4.32. The van der Waals surface area contributed by atoms with Crippen molar-refractivity contribution in [1.82, 2.24) is 4.98 Å². The molecule has 104 valence electrons. The molecule has 0 amide bonds. The van der Waals surface area contributed by atoms with Gasteiger partial charge in [-0.25, -0.2) is 4.39 Å². The molecule has 0 saturated heterocycles. The highest BCUT2D eigenvalue weighted by Crippen LogP contribution is 2.19. The molecule has 0 spiro atoms. The van der Waals surface area contributed by atoms with Crippen LogP contribution in [0.25, 0.3) is 0 Å². The van der Waals surface area contributed by atoms with Gasteiger partial charge < -0.3 is 16.3 Å². The second kappa shape index (κ2) is 6.01. The zero-order valence-corrected chi connectivity index (χ0v) is 11.0. The third kappa shape index (κ3) is 3.03. The summed E-state index contributed by atoms with van der Waals surface area (Å²) in [5, 5.41) is 14.6. The Labute approximate surface area is 116 Å². The molecule has 20 heavy (non-hydrogen) atoms. The van der Waals surface area contributed by atoms with Crippen LogP contribution in [0.2, 0.25) is 0 Å². The summed E-state index contributed by atoms with van der Waals surface area (Å²) in [6, 6.07) is 8.36. The van der Waals surface area contributed by atoms with Gasteiger partial charge >= 0.3 is 0 Å². The van der Waals surface area contributed by atoms with Gasteiger partial charge in [-0.2, -0.15) is 0 Å². The third-order valence-electron chi connectivity index (χ3n) is 2.89. The molecule has 1 aromatic carbocycles. The van der Waals surface area contributed by atoms with Gasteiger partial charge in [-0.3, -0.25) is 4.98 Å². The van der Waals surface area contributed by atoms with Crippen molar-refractivity contribution < 1.29 is 9.60 Å². The minimum atomic E-state index is -0.296. The maximum absolute atomic E-state index is 13.7. The van der Waals surface area contributed by atoms with Crippen molar-refractivity contribution in [2.24, 2.45) is 10.9 Å². The molecule has 0 saturated carbocycles. The van der Waals surface area contributed by atoms with E-state index in [0.29, 0.717) is 17.9 Å². The van der Waals surface area contributed by atoms with Crippen LogP contribution in [0, 0.1) is 12.7 Å². The van der Waals surface area contributed by atoms with E-state index in [0.717, 1.165) is 11.1 Å². The van der Waals surface area contributed by atoms with Gasteiger partial charge in [0, 0.05) is 12.7 Å². The maximum Gasteiger partial charge on any atom is 0.188 e. The number of benzene rings is 1. The van der Waals surface area contributed by atoms with Crippen LogP contribution < -0.4 is 11.1 Å². The van der Waals surface area contributed by atoms with Crippen LogP contribution in [-0.2, 0) is 6.54 Å². The molecule has 0 bridgehead atoms. The molecule has 1 heterocycles. The number of nitrogens with two attached hydrogens (primary N) is 1. The number of hydrogen-bond donors (Lipinski definition) is 3. The van der Waals surface area contributed by atoms with E-state index in [1.165, 1.54) is 6.07 Å². The fraction of sp³-hybridized carbons (Fsp3) is 0.143. The number of para-hydroxylation sites is 1. The number of anilines is 1. The smallest absolute Gasteiger partial charge is 0.188 e. The Morgan fingerprint density at radius 2 is 2.25 bits per heavy atom. The summed E-state index contributed by atoms with van der Waals surface area (Å²) >= 11 is 0. The first-order valence-corrected chi connectivity index (χ1v) is 6.03. The Balaban J connectivity index is 2.15. The van der Waals surface area contributed by atoms with Crippen LogP contribution in [0.5, 0.6) is 0 Å². The van der Waals surface area contributed by atoms with Gasteiger partial charge in [0.25, 0.3) is 0 Å². The average molecular weight is 274 g/mol. The number of amidine groups is 1. The molecule has 0 fully saturated rings. The molecule has 2 rings (SSSR count). The van der Waals surface area contributed by atoms with E-state index in [1.54, 1.807) is 24.4 Å². The summed E-state index contributed by atoms with van der Waals surface area (Å²) in [7, 11) is 0. The van der Waals surface area contributed by atoms with Crippen LogP contribution in [0.15, 0.2) is 41.7 Å². The quantitative estimate of drug-likeness (QED) is 0.345. The molecule has 0 aliphatic carbocycles. The van der Waals surface area contributed by atoms with E-state index < -0.39 is 0 Å². The van der Waals surface area contributed by atoms with E-state index >= 15 is 0 Å². The normalized spacial score (nSPS) is 11.4. The molecule has 0 radical (unpaired) electrons. The highest BCUT2D eigenvalue weighted by molar-refractivity contribution is 5.95. The van der Waals surface area contributed by atoms with Crippen molar-refractivity contribution in [2.75, 3.05) is 5.32 Å². The van der Waals surface area contributed by atoms with E-state index in [2.05, 4.69) is 15.5 Å². The molecule has 2 aromatic rings. The number of pyridine rings is 1. The molecule has 0 atom stereocenters. The summed E-state index contributed by atoms with van der Waals surface area (Å²) in [5.74, 6) is -0.357. The number of aryl methyl sites for hydroxylation is 1. The van der Waals surface area contributed by atoms with E-state index in [4.69, 9.17) is 10.9 Å². The van der Waals surface area contributed by atoms with E-state index in [-0.39, 0.29) is 11.7 Å². The summed E-state index contributed by atoms with van der Waals surface area (Å²) < 4.78 is 13.7. The maximum atomic E-state index is 13.7. The summed E-state index contributed by atoms with van der Waals surface area (Å²) in [6.45, 7) is 2.25. The molecular weight excluding hydrogens is 259 g/mol. The molecule has 4 N–H and O–H groups in total. The first-order valence-electron chi connectivity index (χ1n) is 6.03. The van der Waals surface area contributed by atoms with Gasteiger partial charge in [0.2, 0.25) is 0 Å². The second-order valence-corrected chi connectivity index (χ2v) is 4.32. The molecular formula is C14H15FN4O. The zero-order chi connectivity index (χ0) is 14.5. The zero-order valence-electron chi connectivity index (χ0n) is 11.0. The number of oxime groups is 1. The van der Waals surface area contributed by atoms with Crippen LogP contribution >= 0.6 is 0 Å². The van der Waals surface area contributed by atoms with Gasteiger partial charge in [0.1, 0.15) is 11.5 Å². The highest BCUT2D eigenvalue weighted by Gasteiger charge is 2.06. The third-order valence-corrected chi connectivity index (χ3v) is 2.89. The van der Waals surface area contributed by atoms with Crippen molar-refractivity contribution in [2.45, 2.75) is 13.5 Å². The molecule has 5 nitrogen and oxygen atoms in total. The predicted octanol–water partition coefficient (Wildman–Crippen LogP) is 2.24. The van der Waals surface area contributed by atoms with E-state index in [1.807, 2.05) is 13.0 Å². The Hall–Kier alpha value is -2.63. The predicted molar refractivity (Wildman–Crippen MR) is 75.2 cm³/mol. The lowest BCUT2D eigenvalue weighted by molar-refractivity contribution is 0.318. The SMILES string of the molecule is Cc1cccc(F)c1NCc1ccnc(/C(N)=N/O)c1. The molecule has 6 heteroatoms. The minimum absolute atomic E-state index is 0.0612. The van der Waals surface area contributed by atoms with Crippen molar-refractivity contribution in [3.8, 4) is 0 Å². The van der Waals surface area contributed by atoms with Crippen molar-refractivity contribution >= 4 is 11.5 Å². The van der Waals surface area contributed by atoms with Crippen LogP contribution in [0.1, 0.15) is 16.8 Å². The van der Waals surface area contributed by atoms with Gasteiger partial charge in [-0.05, 0) is 36.2 Å². The molecule has 0 aliphatic rings. The largest absolute Gasteiger partial charge is 0.409 e. The van der Waals surface area contributed by atoms with Gasteiger partial charge in [-0.15, -0.1) is 0 Å². The van der Waals surface area contributed by atoms with Crippen molar-refractivity contribution in [3.63, 3.8) is 0 Å². The fourth-order valence-electron chi connectivity index (χ4n) is 1.82. The van der Waals surface area contributed by atoms with Crippen LogP contribution in [-0.4, -0.2) is 16.0 Å². The van der Waals surface area contributed by atoms with E-state index in [9.17, 15) is 4.39 Å². The fourth-order valence-corrected chi connectivity index (χ4v) is 1.82. The number of nitrogens with zero attached hydrogens (tertiary/aromatic N) is 2. The number of rotatable bonds is 4. The molecule has 1 aromatic heterocycles. The van der Waals surface area contributed by atoms with Gasteiger partial charge in [0.15, 0.2) is 5.84 Å². The van der Waals surface area contributed by atoms with Gasteiger partial charge in [0.05, 0.1) is 5.69 Å². The number of nitrogens with one attached hydrogen (secondary N) is 1. The molecule has 0 aliphatic heterocycles. The Bertz CT molecular complexity index is 623. The van der Waals surface area contributed by atoms with Gasteiger partial charge in [-0.1, -0.05) is 17.3 Å². The highest BCUT2D eigenvalue weighted by atomic mass is 19.1. The van der Waals surface area contributed by atoms with Crippen LogP contribution in [0.3, 0.4) is 0 Å². The first kappa shape index (κ1) is 13.8. The van der Waals surface area contributed by atoms with Crippen LogP contribution in [0.4, 0.5) is 10.1 Å². The summed E-state index contributed by atoms with van der Waals surface area (Å²) in [6.07, 6.45) is 1.55. The topological polar surface area (TPSA) is 83.5 Å². The lowest BCUT2D eigenvalue weighted by atomic mass is 10.1. The lowest BCUT2D eigenvalue weighted by Gasteiger charge is -2.11. The minimum Gasteiger partial charge on any atom is -0.409 e. The average Bonchev–Trinajstić information content (AvgIpc) is 2.46. The lowest BCUT2D eigenvalue weighted by Crippen LogP contribution is -2.15. The Morgan fingerprint density at radius 1 is 1.45 bits per heavy atom. The Kier molecular flexibility index (Phi) is 4.14. The summed E-state index contributed by atoms with van der Waals surface area (Å²) in [5.41, 5.74) is 8.00.